The van der Waals surface area contributed by atoms with E-state index in [4.69, 9.17) is 0 Å². The van der Waals surface area contributed by atoms with Gasteiger partial charge in [0.25, 0.3) is 0 Å². The van der Waals surface area contributed by atoms with Gasteiger partial charge >= 0.3 is 0 Å². The lowest BCUT2D eigenvalue weighted by Crippen LogP contribution is -2.04. The lowest BCUT2D eigenvalue weighted by molar-refractivity contribution is 0.872. The minimum Gasteiger partial charge on any atom is -0.313 e. The largest absolute Gasteiger partial charge is 0.313 e. The van der Waals surface area contributed by atoms with Gasteiger partial charge in [-0.15, -0.1) is 11.3 Å². The Morgan fingerprint density at radius 2 is 1.18 bits per heavy atom. The van der Waals surface area contributed by atoms with Crippen LogP contribution < -0.4 is 0 Å². The van der Waals surface area contributed by atoms with Crippen molar-refractivity contribution in [2.45, 2.75) is 25.7 Å². The van der Waals surface area contributed by atoms with E-state index in [1.54, 1.807) is 11.3 Å². The van der Waals surface area contributed by atoms with Crippen LogP contribution in [0.1, 0.15) is 46.5 Å². The van der Waals surface area contributed by atoms with Crippen LogP contribution in [0.15, 0.2) is 84.4 Å². The number of allylic oxidation sites excluding steroid dienone is 2. The number of hydrogen-bond acceptors (Lipinski definition) is 4. The molecule has 0 amide bonds. The molecule has 3 aromatic heterocycles. The zero-order chi connectivity index (χ0) is 30.2. The number of fused-ring (bicyclic) bond motifs is 9. The van der Waals surface area contributed by atoms with Crippen molar-refractivity contribution in [2.24, 2.45) is 0 Å². The summed E-state index contributed by atoms with van der Waals surface area (Å²) < 4.78 is 7.17. The van der Waals surface area contributed by atoms with Crippen LogP contribution in [-0.2, 0) is 12.8 Å². The molecular weight excluding hydrogens is 571 g/mol. The highest BCUT2D eigenvalue weighted by atomic mass is 32.1. The summed E-state index contributed by atoms with van der Waals surface area (Å²) in [5, 5.41) is 33.4. The summed E-state index contributed by atoms with van der Waals surface area (Å²) in [4.78, 5) is 0. The summed E-state index contributed by atoms with van der Waals surface area (Å²) in [6.07, 6.45) is 9.86. The molecule has 2 aliphatic rings. The average molecular weight is 594 g/mol. The highest BCUT2D eigenvalue weighted by molar-refractivity contribution is 7.25. The molecule has 0 unspecified atom stereocenters. The monoisotopic (exact) mass is 593 g/mol. The van der Waals surface area contributed by atoms with Crippen LogP contribution in [-0.4, -0.2) is 9.13 Å². The molecule has 0 bridgehead atoms. The molecule has 5 nitrogen and oxygen atoms in total. The molecule has 0 fully saturated rings. The fourth-order valence-corrected chi connectivity index (χ4v) is 8.41. The maximum Gasteiger partial charge on any atom is 0.0991 e. The van der Waals surface area contributed by atoms with Gasteiger partial charge in [-0.3, -0.25) is 0 Å². The predicted molar refractivity (Wildman–Crippen MR) is 182 cm³/mol. The second-order valence-electron chi connectivity index (χ2n) is 11.8. The molecule has 3 heterocycles. The summed E-state index contributed by atoms with van der Waals surface area (Å²) in [6.45, 7) is 0. The zero-order valence-corrected chi connectivity index (χ0v) is 24.9. The van der Waals surface area contributed by atoms with E-state index in [9.17, 15) is 15.8 Å². The Labute approximate surface area is 263 Å². The lowest BCUT2D eigenvalue weighted by atomic mass is 9.96. The van der Waals surface area contributed by atoms with E-state index < -0.39 is 0 Å². The quantitative estimate of drug-likeness (QED) is 0.200. The first-order valence-corrected chi connectivity index (χ1v) is 15.9. The van der Waals surface area contributed by atoms with Crippen LogP contribution in [0.4, 0.5) is 0 Å². The van der Waals surface area contributed by atoms with Crippen molar-refractivity contribution in [2.75, 3.05) is 0 Å². The van der Waals surface area contributed by atoms with Gasteiger partial charge in [0.1, 0.15) is 0 Å². The molecule has 0 atom stereocenters. The maximum atomic E-state index is 9.65. The maximum absolute atomic E-state index is 9.65. The number of hydrogen-bond donors (Lipinski definition) is 0. The van der Waals surface area contributed by atoms with Gasteiger partial charge in [-0.2, -0.15) is 15.8 Å². The van der Waals surface area contributed by atoms with Crippen LogP contribution in [0.2, 0.25) is 0 Å². The van der Waals surface area contributed by atoms with E-state index >= 15 is 0 Å². The third kappa shape index (κ3) is 3.69. The van der Waals surface area contributed by atoms with Crippen molar-refractivity contribution < 1.29 is 0 Å². The highest BCUT2D eigenvalue weighted by Gasteiger charge is 2.23. The highest BCUT2D eigenvalue weighted by Crippen LogP contribution is 2.41. The molecule has 2 aliphatic carbocycles. The Hall–Kier alpha value is -5.87. The number of thiophene rings is 1. The van der Waals surface area contributed by atoms with Crippen molar-refractivity contribution in [3.8, 4) is 29.6 Å². The van der Waals surface area contributed by atoms with E-state index in [2.05, 4.69) is 82.0 Å². The van der Waals surface area contributed by atoms with Crippen LogP contribution in [0.3, 0.4) is 0 Å². The standard InChI is InChI=1S/C39H23N5S/c40-20-23-5-10-35-29(15-23)28-3-1-2-4-34(28)43(35)26-8-13-38-32(18-26)33-19-27(9-14-39(33)45-38)44-36-11-6-24(21-41)16-30(36)31-17-25(22-42)7-12-37(31)44/h1,3,5-6,8-11,13-19H,2,4,7,12H2. The summed E-state index contributed by atoms with van der Waals surface area (Å²) in [5.41, 5.74) is 11.2. The van der Waals surface area contributed by atoms with Crippen molar-refractivity contribution in [3.63, 3.8) is 0 Å². The van der Waals surface area contributed by atoms with E-state index in [-0.39, 0.29) is 0 Å². The van der Waals surface area contributed by atoms with Crippen LogP contribution in [0, 0.1) is 34.0 Å². The van der Waals surface area contributed by atoms with Gasteiger partial charge in [-0.1, -0.05) is 12.2 Å². The Morgan fingerprint density at radius 3 is 1.78 bits per heavy atom. The smallest absolute Gasteiger partial charge is 0.0991 e. The molecule has 0 N–H and O–H groups in total. The van der Waals surface area contributed by atoms with Crippen molar-refractivity contribution in [3.05, 3.63) is 118 Å². The number of nitrogens with zero attached hydrogens (tertiary/aromatic N) is 5. The number of nitriles is 3. The Morgan fingerprint density at radius 1 is 0.578 bits per heavy atom. The van der Waals surface area contributed by atoms with E-state index in [0.29, 0.717) is 17.5 Å². The molecule has 45 heavy (non-hydrogen) atoms. The van der Waals surface area contributed by atoms with Crippen LogP contribution in [0.5, 0.6) is 0 Å². The van der Waals surface area contributed by atoms with Crippen LogP contribution >= 0.6 is 11.3 Å². The SMILES string of the molecule is N#CC1=Cc2c(n(-c3ccc4sc5ccc(-n6c7c(c8cc(C#N)ccc86)C=CCC7)cc5c4c3)c3ccc(C#N)cc23)CC1. The average Bonchev–Trinajstić information content (AvgIpc) is 3.74. The minimum absolute atomic E-state index is 0.616. The Bertz CT molecular complexity index is 2630. The Balaban J connectivity index is 1.27. The summed E-state index contributed by atoms with van der Waals surface area (Å²) >= 11 is 1.80. The van der Waals surface area contributed by atoms with Gasteiger partial charge in [-0.05, 0) is 105 Å². The van der Waals surface area contributed by atoms with E-state index in [1.807, 2.05) is 36.4 Å². The molecule has 0 saturated carbocycles. The molecule has 0 saturated heterocycles. The summed E-state index contributed by atoms with van der Waals surface area (Å²) in [7, 11) is 0. The minimum atomic E-state index is 0.616. The van der Waals surface area contributed by atoms with Gasteiger partial charge in [0.15, 0.2) is 0 Å². The number of aromatic nitrogens is 2. The van der Waals surface area contributed by atoms with E-state index in [1.165, 1.54) is 37.1 Å². The molecule has 210 valence electrons. The summed E-state index contributed by atoms with van der Waals surface area (Å²) in [6, 6.07) is 32.3. The Kier molecular flexibility index (Phi) is 5.44. The van der Waals surface area contributed by atoms with Gasteiger partial charge in [0.2, 0.25) is 0 Å². The van der Waals surface area contributed by atoms with E-state index in [0.717, 1.165) is 63.6 Å². The van der Waals surface area contributed by atoms with Crippen molar-refractivity contribution in [1.29, 1.82) is 15.8 Å². The first-order chi connectivity index (χ1) is 22.1. The molecule has 0 spiro atoms. The lowest BCUT2D eigenvalue weighted by Gasteiger charge is -2.15. The second-order valence-corrected chi connectivity index (χ2v) is 12.8. The second kappa shape index (κ2) is 9.57. The number of benzene rings is 4. The van der Waals surface area contributed by atoms with Crippen molar-refractivity contribution >= 4 is 65.5 Å². The van der Waals surface area contributed by atoms with Gasteiger partial charge in [0.05, 0.1) is 40.4 Å². The molecule has 0 aliphatic heterocycles. The molecule has 7 aromatic rings. The predicted octanol–water partition coefficient (Wildman–Crippen LogP) is 9.50. The molecule has 9 rings (SSSR count). The molecular formula is C39H23N5S. The molecule has 6 heteroatoms. The normalized spacial score (nSPS) is 13.8. The first kappa shape index (κ1) is 25.6. The third-order valence-electron chi connectivity index (χ3n) is 9.35. The number of rotatable bonds is 2. The van der Waals surface area contributed by atoms with Gasteiger partial charge in [0, 0.05) is 70.4 Å². The topological polar surface area (TPSA) is 81.2 Å². The van der Waals surface area contributed by atoms with Gasteiger partial charge in [-0.25, -0.2) is 0 Å². The zero-order valence-electron chi connectivity index (χ0n) is 24.1. The molecule has 4 aromatic carbocycles. The molecule has 0 radical (unpaired) electrons. The van der Waals surface area contributed by atoms with Gasteiger partial charge < -0.3 is 9.13 Å². The summed E-state index contributed by atoms with van der Waals surface area (Å²) in [5.74, 6) is 0. The third-order valence-corrected chi connectivity index (χ3v) is 10.5. The van der Waals surface area contributed by atoms with Crippen molar-refractivity contribution in [1.82, 2.24) is 9.13 Å². The van der Waals surface area contributed by atoms with Crippen LogP contribution in [0.25, 0.3) is 65.5 Å². The fraction of sp³-hybridized carbons (Fsp3) is 0.103. The fourth-order valence-electron chi connectivity index (χ4n) is 7.35. The first-order valence-electron chi connectivity index (χ1n) is 15.0.